The van der Waals surface area contributed by atoms with Gasteiger partial charge in [0, 0.05) is 6.04 Å². The average Bonchev–Trinajstić information content (AvgIpc) is 2.41. The minimum Gasteiger partial charge on any atom is -0.433 e. The molecule has 5 nitrogen and oxygen atoms in total. The molecule has 1 fully saturated rings. The van der Waals surface area contributed by atoms with Gasteiger partial charge in [-0.05, 0) is 44.1 Å². The molecule has 1 heterocycles. The van der Waals surface area contributed by atoms with E-state index in [0.29, 0.717) is 12.8 Å². The molecule has 118 valence electrons. The van der Waals surface area contributed by atoms with Gasteiger partial charge in [-0.25, -0.2) is 13.1 Å². The zero-order valence-electron chi connectivity index (χ0n) is 11.0. The van der Waals surface area contributed by atoms with Gasteiger partial charge in [0.05, 0.1) is 9.92 Å². The Balaban J connectivity index is 2.14. The van der Waals surface area contributed by atoms with Crippen molar-refractivity contribution in [2.75, 3.05) is 13.1 Å². The van der Waals surface area contributed by atoms with E-state index in [1.807, 2.05) is 0 Å². The van der Waals surface area contributed by atoms with E-state index in [4.69, 9.17) is 11.6 Å². The maximum atomic E-state index is 12.2. The Bertz CT molecular complexity index is 592. The lowest BCUT2D eigenvalue weighted by atomic mass is 10.1. The van der Waals surface area contributed by atoms with Crippen LogP contribution in [0.15, 0.2) is 23.1 Å². The van der Waals surface area contributed by atoms with Crippen LogP contribution in [-0.4, -0.2) is 34.2 Å². The lowest BCUT2D eigenvalue weighted by molar-refractivity contribution is -0.0498. The minimum atomic E-state index is -3.73. The van der Waals surface area contributed by atoms with Gasteiger partial charge in [0.2, 0.25) is 10.0 Å². The van der Waals surface area contributed by atoms with Crippen molar-refractivity contribution in [3.63, 3.8) is 0 Å². The molecule has 2 rings (SSSR count). The fourth-order valence-electron chi connectivity index (χ4n) is 2.07. The quantitative estimate of drug-likeness (QED) is 0.860. The molecule has 1 saturated heterocycles. The van der Waals surface area contributed by atoms with Gasteiger partial charge in [0.25, 0.3) is 0 Å². The van der Waals surface area contributed by atoms with Crippen LogP contribution in [0.5, 0.6) is 5.75 Å². The van der Waals surface area contributed by atoms with Crippen molar-refractivity contribution >= 4 is 21.6 Å². The monoisotopic (exact) mass is 340 g/mol. The first-order chi connectivity index (χ1) is 9.88. The number of halogens is 3. The number of nitrogens with one attached hydrogen (secondary N) is 2. The highest BCUT2D eigenvalue weighted by atomic mass is 35.5. The summed E-state index contributed by atoms with van der Waals surface area (Å²) in [6, 6.07) is 3.26. The number of hydrogen-bond acceptors (Lipinski definition) is 4. The molecular weight excluding hydrogens is 326 g/mol. The van der Waals surface area contributed by atoms with Crippen LogP contribution in [-0.2, 0) is 10.0 Å². The molecule has 0 aliphatic carbocycles. The van der Waals surface area contributed by atoms with E-state index >= 15 is 0 Å². The summed E-state index contributed by atoms with van der Waals surface area (Å²) < 4.78 is 55.4. The Morgan fingerprint density at radius 1 is 1.33 bits per heavy atom. The normalized spacial score (nSPS) is 17.1. The summed E-state index contributed by atoms with van der Waals surface area (Å²) >= 11 is 5.76. The van der Waals surface area contributed by atoms with E-state index in [-0.39, 0.29) is 21.7 Å². The van der Waals surface area contributed by atoms with Gasteiger partial charge < -0.3 is 10.1 Å². The highest BCUT2D eigenvalue weighted by molar-refractivity contribution is 7.89. The van der Waals surface area contributed by atoms with Crippen LogP contribution < -0.4 is 14.8 Å². The molecule has 0 bridgehead atoms. The summed E-state index contributed by atoms with van der Waals surface area (Å²) in [7, 11) is -3.73. The molecule has 0 radical (unpaired) electrons. The fraction of sp³-hybridized carbons (Fsp3) is 0.500. The fourth-order valence-corrected chi connectivity index (χ4v) is 3.69. The van der Waals surface area contributed by atoms with Gasteiger partial charge in [-0.2, -0.15) is 8.78 Å². The number of ether oxygens (including phenoxy) is 1. The molecule has 0 amide bonds. The summed E-state index contributed by atoms with van der Waals surface area (Å²) in [5.74, 6) is -0.257. The molecule has 0 unspecified atom stereocenters. The van der Waals surface area contributed by atoms with Crippen molar-refractivity contribution in [2.24, 2.45) is 0 Å². The number of alkyl halides is 2. The third-order valence-corrected chi connectivity index (χ3v) is 4.90. The topological polar surface area (TPSA) is 67.4 Å². The Kier molecular flexibility index (Phi) is 5.37. The molecule has 2 N–H and O–H groups in total. The molecule has 1 aliphatic rings. The number of sulfonamides is 1. The number of piperidine rings is 1. The zero-order valence-corrected chi connectivity index (χ0v) is 12.6. The summed E-state index contributed by atoms with van der Waals surface area (Å²) in [5, 5.41) is 2.95. The maximum Gasteiger partial charge on any atom is 0.387 e. The largest absolute Gasteiger partial charge is 0.433 e. The Morgan fingerprint density at radius 2 is 2.00 bits per heavy atom. The maximum absolute atomic E-state index is 12.2. The second kappa shape index (κ2) is 6.87. The van der Waals surface area contributed by atoms with Gasteiger partial charge >= 0.3 is 6.61 Å². The summed E-state index contributed by atoms with van der Waals surface area (Å²) in [6.07, 6.45) is 1.39. The number of hydrogen-bond donors (Lipinski definition) is 2. The summed E-state index contributed by atoms with van der Waals surface area (Å²) in [4.78, 5) is -0.0763. The van der Waals surface area contributed by atoms with Crippen molar-refractivity contribution in [1.82, 2.24) is 10.0 Å². The van der Waals surface area contributed by atoms with Gasteiger partial charge in [-0.1, -0.05) is 11.6 Å². The Morgan fingerprint density at radius 3 is 2.57 bits per heavy atom. The molecule has 1 aromatic rings. The van der Waals surface area contributed by atoms with Crippen molar-refractivity contribution in [3.8, 4) is 5.75 Å². The van der Waals surface area contributed by atoms with Crippen LogP contribution in [0, 0.1) is 0 Å². The molecule has 0 spiro atoms. The molecule has 21 heavy (non-hydrogen) atoms. The SMILES string of the molecule is O=S(=O)(NC1CCNCC1)c1ccc(OC(F)F)c(Cl)c1. The predicted octanol–water partition coefficient (Wildman–Crippen LogP) is 1.97. The van der Waals surface area contributed by atoms with E-state index in [0.717, 1.165) is 25.2 Å². The number of rotatable bonds is 5. The standard InChI is InChI=1S/C12H15ClF2N2O3S/c13-10-7-9(1-2-11(10)20-12(14)15)21(18,19)17-8-3-5-16-6-4-8/h1-2,7-8,12,16-17H,3-6H2. The average molecular weight is 341 g/mol. The first kappa shape index (κ1) is 16.4. The van der Waals surface area contributed by atoms with Crippen LogP contribution in [0.4, 0.5) is 8.78 Å². The molecule has 0 aromatic heterocycles. The van der Waals surface area contributed by atoms with Crippen molar-refractivity contribution in [1.29, 1.82) is 0 Å². The third kappa shape index (κ3) is 4.50. The van der Waals surface area contributed by atoms with Crippen LogP contribution >= 0.6 is 11.6 Å². The van der Waals surface area contributed by atoms with E-state index in [2.05, 4.69) is 14.8 Å². The molecule has 1 aromatic carbocycles. The molecule has 1 aliphatic heterocycles. The smallest absolute Gasteiger partial charge is 0.387 e. The van der Waals surface area contributed by atoms with E-state index in [1.165, 1.54) is 6.07 Å². The Hall–Kier alpha value is -0.960. The lowest BCUT2D eigenvalue weighted by Gasteiger charge is -2.23. The second-order valence-corrected chi connectivity index (χ2v) is 6.74. The molecular formula is C12H15ClF2N2O3S. The van der Waals surface area contributed by atoms with Crippen LogP contribution in [0.1, 0.15) is 12.8 Å². The van der Waals surface area contributed by atoms with Gasteiger partial charge in [-0.15, -0.1) is 0 Å². The zero-order chi connectivity index (χ0) is 15.5. The molecule has 9 heteroatoms. The Labute approximate surface area is 126 Å². The van der Waals surface area contributed by atoms with Crippen molar-refractivity contribution in [3.05, 3.63) is 23.2 Å². The van der Waals surface area contributed by atoms with Gasteiger partial charge in [-0.3, -0.25) is 0 Å². The van der Waals surface area contributed by atoms with Crippen LogP contribution in [0.2, 0.25) is 5.02 Å². The first-order valence-electron chi connectivity index (χ1n) is 6.36. The highest BCUT2D eigenvalue weighted by Gasteiger charge is 2.22. The highest BCUT2D eigenvalue weighted by Crippen LogP contribution is 2.28. The van der Waals surface area contributed by atoms with Gasteiger partial charge in [0.15, 0.2) is 0 Å². The number of benzene rings is 1. The lowest BCUT2D eigenvalue weighted by Crippen LogP contribution is -2.42. The summed E-state index contributed by atoms with van der Waals surface area (Å²) in [6.45, 7) is -1.53. The predicted molar refractivity (Wildman–Crippen MR) is 74.3 cm³/mol. The molecule has 0 saturated carbocycles. The first-order valence-corrected chi connectivity index (χ1v) is 8.22. The van der Waals surface area contributed by atoms with Crippen LogP contribution in [0.3, 0.4) is 0 Å². The summed E-state index contributed by atoms with van der Waals surface area (Å²) in [5.41, 5.74) is 0. The van der Waals surface area contributed by atoms with Crippen molar-refractivity contribution < 1.29 is 21.9 Å². The van der Waals surface area contributed by atoms with Crippen molar-refractivity contribution in [2.45, 2.75) is 30.4 Å². The van der Waals surface area contributed by atoms with E-state index in [1.54, 1.807) is 0 Å². The van der Waals surface area contributed by atoms with E-state index < -0.39 is 16.6 Å². The minimum absolute atomic E-state index is 0.0763. The van der Waals surface area contributed by atoms with E-state index in [9.17, 15) is 17.2 Å². The molecule has 0 atom stereocenters. The van der Waals surface area contributed by atoms with Gasteiger partial charge in [0.1, 0.15) is 5.75 Å². The van der Waals surface area contributed by atoms with Crippen LogP contribution in [0.25, 0.3) is 0 Å². The third-order valence-electron chi connectivity index (χ3n) is 3.09. The second-order valence-electron chi connectivity index (χ2n) is 4.62.